The van der Waals surface area contributed by atoms with E-state index in [0.717, 1.165) is 12.1 Å². The van der Waals surface area contributed by atoms with Crippen molar-refractivity contribution in [1.29, 1.82) is 0 Å². The fourth-order valence-corrected chi connectivity index (χ4v) is 2.67. The van der Waals surface area contributed by atoms with Gasteiger partial charge in [0.15, 0.2) is 11.5 Å². The molecule has 0 bridgehead atoms. The maximum atomic E-state index is 12.4. The number of hydrogen-bond donors (Lipinski definition) is 1. The molecule has 0 fully saturated rings. The summed E-state index contributed by atoms with van der Waals surface area (Å²) in [7, 11) is 3.21. The van der Waals surface area contributed by atoms with Crippen molar-refractivity contribution in [3.63, 3.8) is 0 Å². The van der Waals surface area contributed by atoms with Crippen LogP contribution in [-0.2, 0) is 17.9 Å². The average Bonchev–Trinajstić information content (AvgIpc) is 2.66. The highest BCUT2D eigenvalue weighted by Gasteiger charge is 2.14. The normalized spacial score (nSPS) is 10.8. The molecule has 1 N–H and O–H groups in total. The van der Waals surface area contributed by atoms with Gasteiger partial charge in [0.2, 0.25) is 5.91 Å². The Morgan fingerprint density at radius 3 is 2.31 bits per heavy atom. The van der Waals surface area contributed by atoms with E-state index in [0.29, 0.717) is 24.6 Å². The number of rotatable bonds is 9. The van der Waals surface area contributed by atoms with Crippen molar-refractivity contribution in [2.75, 3.05) is 20.8 Å². The van der Waals surface area contributed by atoms with Crippen LogP contribution in [0.1, 0.15) is 25.0 Å². The Bertz CT molecular complexity index is 702. The van der Waals surface area contributed by atoms with E-state index in [2.05, 4.69) is 36.2 Å². The van der Waals surface area contributed by atoms with Crippen LogP contribution in [0, 0.1) is 0 Å². The predicted molar refractivity (Wildman–Crippen MR) is 103 cm³/mol. The second-order valence-electron chi connectivity index (χ2n) is 6.45. The van der Waals surface area contributed by atoms with Crippen LogP contribution in [0.2, 0.25) is 0 Å². The predicted octanol–water partition coefficient (Wildman–Crippen LogP) is 3.23. The summed E-state index contributed by atoms with van der Waals surface area (Å²) >= 11 is 0. The van der Waals surface area contributed by atoms with Gasteiger partial charge < -0.3 is 14.8 Å². The number of carbonyl (C=O) groups is 1. The molecule has 5 heteroatoms. The van der Waals surface area contributed by atoms with Gasteiger partial charge in [0.25, 0.3) is 0 Å². The van der Waals surface area contributed by atoms with Gasteiger partial charge in [-0.25, -0.2) is 0 Å². The third-order valence-corrected chi connectivity index (χ3v) is 4.24. The van der Waals surface area contributed by atoms with Crippen LogP contribution >= 0.6 is 0 Å². The third-order valence-electron chi connectivity index (χ3n) is 4.24. The highest BCUT2D eigenvalue weighted by atomic mass is 16.5. The van der Waals surface area contributed by atoms with Gasteiger partial charge in [-0.1, -0.05) is 36.4 Å². The van der Waals surface area contributed by atoms with Gasteiger partial charge in [-0.05, 0) is 37.1 Å². The number of amides is 1. The van der Waals surface area contributed by atoms with Crippen LogP contribution in [0.5, 0.6) is 11.5 Å². The maximum Gasteiger partial charge on any atom is 0.234 e. The van der Waals surface area contributed by atoms with Gasteiger partial charge in [-0.3, -0.25) is 9.69 Å². The number of hydrogen-bond acceptors (Lipinski definition) is 4. The Morgan fingerprint density at radius 1 is 1.00 bits per heavy atom. The van der Waals surface area contributed by atoms with E-state index in [1.54, 1.807) is 14.2 Å². The second-order valence-corrected chi connectivity index (χ2v) is 6.45. The van der Waals surface area contributed by atoms with Gasteiger partial charge in [0, 0.05) is 19.1 Å². The van der Waals surface area contributed by atoms with Crippen molar-refractivity contribution < 1.29 is 14.3 Å². The summed E-state index contributed by atoms with van der Waals surface area (Å²) in [6.07, 6.45) is 0. The molecule has 0 radical (unpaired) electrons. The first-order valence-electron chi connectivity index (χ1n) is 8.79. The molecule has 5 nitrogen and oxygen atoms in total. The molecule has 0 atom stereocenters. The van der Waals surface area contributed by atoms with Gasteiger partial charge in [0.1, 0.15) is 0 Å². The molecule has 0 spiro atoms. The van der Waals surface area contributed by atoms with E-state index >= 15 is 0 Å². The Kier molecular flexibility index (Phi) is 7.48. The highest BCUT2D eigenvalue weighted by molar-refractivity contribution is 5.78. The second kappa shape index (κ2) is 9.82. The van der Waals surface area contributed by atoms with Crippen molar-refractivity contribution >= 4 is 5.91 Å². The van der Waals surface area contributed by atoms with Crippen LogP contribution < -0.4 is 14.8 Å². The highest BCUT2D eigenvalue weighted by Crippen LogP contribution is 2.27. The minimum atomic E-state index is 0.00409. The van der Waals surface area contributed by atoms with Crippen LogP contribution in [0.15, 0.2) is 48.5 Å². The number of ether oxygens (including phenoxy) is 2. The summed E-state index contributed by atoms with van der Waals surface area (Å²) in [6, 6.07) is 16.1. The largest absolute Gasteiger partial charge is 0.493 e. The minimum absolute atomic E-state index is 0.00409. The molecular weight excluding hydrogens is 328 g/mol. The lowest BCUT2D eigenvalue weighted by Gasteiger charge is -2.26. The van der Waals surface area contributed by atoms with Crippen molar-refractivity contribution in [1.82, 2.24) is 10.2 Å². The molecule has 0 heterocycles. The number of benzene rings is 2. The molecule has 1 amide bonds. The fourth-order valence-electron chi connectivity index (χ4n) is 2.67. The molecule has 2 aromatic carbocycles. The first-order chi connectivity index (χ1) is 12.5. The standard InChI is InChI=1S/C21H28N2O3/c1-16(2)23(14-17-8-6-5-7-9-17)15-21(24)22-13-18-10-11-19(25-3)20(12-18)26-4/h5-12,16H,13-15H2,1-4H3,(H,22,24). The van der Waals surface area contributed by atoms with E-state index in [4.69, 9.17) is 9.47 Å². The van der Waals surface area contributed by atoms with E-state index in [-0.39, 0.29) is 11.9 Å². The lowest BCUT2D eigenvalue weighted by atomic mass is 10.2. The SMILES string of the molecule is COc1ccc(CNC(=O)CN(Cc2ccccc2)C(C)C)cc1OC. The van der Waals surface area contributed by atoms with Crippen molar-refractivity contribution in [2.24, 2.45) is 0 Å². The van der Waals surface area contributed by atoms with Gasteiger partial charge in [-0.15, -0.1) is 0 Å². The zero-order chi connectivity index (χ0) is 18.9. The van der Waals surface area contributed by atoms with E-state index in [9.17, 15) is 4.79 Å². The summed E-state index contributed by atoms with van der Waals surface area (Å²) in [4.78, 5) is 14.5. The minimum Gasteiger partial charge on any atom is -0.493 e. The zero-order valence-electron chi connectivity index (χ0n) is 16.0. The Balaban J connectivity index is 1.92. The van der Waals surface area contributed by atoms with E-state index < -0.39 is 0 Å². The van der Waals surface area contributed by atoms with Gasteiger partial charge in [0.05, 0.1) is 20.8 Å². The number of nitrogens with one attached hydrogen (secondary N) is 1. The Morgan fingerprint density at radius 2 is 1.69 bits per heavy atom. The number of methoxy groups -OCH3 is 2. The fraction of sp³-hybridized carbons (Fsp3) is 0.381. The lowest BCUT2D eigenvalue weighted by molar-refractivity contribution is -0.123. The quantitative estimate of drug-likeness (QED) is 0.749. The molecule has 0 aliphatic carbocycles. The third kappa shape index (κ3) is 5.77. The van der Waals surface area contributed by atoms with Crippen LogP contribution in [0.4, 0.5) is 0 Å². The van der Waals surface area contributed by atoms with Crippen molar-refractivity contribution in [3.8, 4) is 11.5 Å². The first kappa shape index (κ1) is 19.8. The molecule has 0 saturated carbocycles. The van der Waals surface area contributed by atoms with Gasteiger partial charge >= 0.3 is 0 Å². The Hall–Kier alpha value is -2.53. The Labute approximate surface area is 155 Å². The summed E-state index contributed by atoms with van der Waals surface area (Å²) < 4.78 is 10.5. The number of carbonyl (C=O) groups excluding carboxylic acids is 1. The zero-order valence-corrected chi connectivity index (χ0v) is 16.0. The van der Waals surface area contributed by atoms with Crippen molar-refractivity contribution in [2.45, 2.75) is 33.0 Å². The lowest BCUT2D eigenvalue weighted by Crippen LogP contribution is -2.40. The number of nitrogens with zero attached hydrogens (tertiary/aromatic N) is 1. The summed E-state index contributed by atoms with van der Waals surface area (Å²) in [6.45, 7) is 5.77. The molecule has 2 aromatic rings. The molecule has 0 saturated heterocycles. The molecule has 2 rings (SSSR count). The molecule has 0 aliphatic rings. The molecular formula is C21H28N2O3. The smallest absolute Gasteiger partial charge is 0.234 e. The molecule has 140 valence electrons. The summed E-state index contributed by atoms with van der Waals surface area (Å²) in [5.74, 6) is 1.34. The monoisotopic (exact) mass is 356 g/mol. The van der Waals surface area contributed by atoms with Crippen LogP contribution in [0.3, 0.4) is 0 Å². The van der Waals surface area contributed by atoms with Crippen molar-refractivity contribution in [3.05, 3.63) is 59.7 Å². The molecule has 0 aliphatic heterocycles. The maximum absolute atomic E-state index is 12.4. The van der Waals surface area contributed by atoms with E-state index in [1.165, 1.54) is 5.56 Å². The van der Waals surface area contributed by atoms with Gasteiger partial charge in [-0.2, -0.15) is 0 Å². The van der Waals surface area contributed by atoms with E-state index in [1.807, 2.05) is 36.4 Å². The topological polar surface area (TPSA) is 50.8 Å². The molecule has 26 heavy (non-hydrogen) atoms. The van der Waals surface area contributed by atoms with Crippen LogP contribution in [0.25, 0.3) is 0 Å². The molecule has 0 unspecified atom stereocenters. The molecule has 0 aromatic heterocycles. The van der Waals surface area contributed by atoms with Crippen LogP contribution in [-0.4, -0.2) is 37.6 Å². The summed E-state index contributed by atoms with van der Waals surface area (Å²) in [5.41, 5.74) is 2.17. The average molecular weight is 356 g/mol. The first-order valence-corrected chi connectivity index (χ1v) is 8.79. The summed E-state index contributed by atoms with van der Waals surface area (Å²) in [5, 5.41) is 2.98.